The van der Waals surface area contributed by atoms with E-state index in [2.05, 4.69) is 45.0 Å². The monoisotopic (exact) mass is 231 g/mol. The predicted octanol–water partition coefficient (Wildman–Crippen LogP) is 3.69. The van der Waals surface area contributed by atoms with E-state index in [0.29, 0.717) is 0 Å². The largest absolute Gasteiger partial charge is 0.325 e. The highest BCUT2D eigenvalue weighted by Gasteiger charge is 2.34. The van der Waals surface area contributed by atoms with E-state index < -0.39 is 0 Å². The number of benzene rings is 1. The van der Waals surface area contributed by atoms with Gasteiger partial charge in [0.15, 0.2) is 0 Å². The van der Waals surface area contributed by atoms with Crippen LogP contribution in [0.5, 0.6) is 0 Å². The van der Waals surface area contributed by atoms with Crippen molar-refractivity contribution in [2.45, 2.75) is 52.0 Å². The topological polar surface area (TPSA) is 26.0 Å². The van der Waals surface area contributed by atoms with Crippen molar-refractivity contribution in [2.24, 2.45) is 17.6 Å². The predicted molar refractivity (Wildman–Crippen MR) is 74.0 cm³/mol. The van der Waals surface area contributed by atoms with Crippen molar-refractivity contribution in [1.29, 1.82) is 0 Å². The molecule has 0 bridgehead atoms. The molecule has 1 aromatic carbocycles. The maximum Gasteiger partial charge on any atom is 0.0197 e. The van der Waals surface area contributed by atoms with Gasteiger partial charge in [-0.25, -0.2) is 0 Å². The molecule has 3 atom stereocenters. The summed E-state index contributed by atoms with van der Waals surface area (Å²) < 4.78 is 0. The third-order valence-electron chi connectivity index (χ3n) is 4.60. The zero-order valence-corrected chi connectivity index (χ0v) is 11.4. The fraction of sp³-hybridized carbons (Fsp3) is 0.625. The summed E-state index contributed by atoms with van der Waals surface area (Å²) in [7, 11) is 0. The van der Waals surface area contributed by atoms with Gasteiger partial charge in [0.2, 0.25) is 0 Å². The number of hydrogen-bond donors (Lipinski definition) is 1. The molecule has 17 heavy (non-hydrogen) atoms. The lowest BCUT2D eigenvalue weighted by Gasteiger charge is -2.40. The van der Waals surface area contributed by atoms with Gasteiger partial charge in [-0.15, -0.1) is 0 Å². The SMILES string of the molecule is Cc1ccccc1CC1(N)CCC(C)C(C)C1. The highest BCUT2D eigenvalue weighted by Crippen LogP contribution is 2.36. The molecule has 1 nitrogen and oxygen atoms in total. The second-order valence-electron chi connectivity index (χ2n) is 6.16. The van der Waals surface area contributed by atoms with E-state index in [1.807, 2.05) is 0 Å². The molecule has 2 N–H and O–H groups in total. The first-order valence-corrected chi connectivity index (χ1v) is 6.83. The molecule has 1 aliphatic carbocycles. The molecule has 0 radical (unpaired) electrons. The normalized spacial score (nSPS) is 33.6. The van der Waals surface area contributed by atoms with Gasteiger partial charge in [-0.05, 0) is 55.6 Å². The molecule has 1 saturated carbocycles. The van der Waals surface area contributed by atoms with Gasteiger partial charge in [-0.1, -0.05) is 38.1 Å². The molecule has 0 aromatic heterocycles. The van der Waals surface area contributed by atoms with Gasteiger partial charge in [0, 0.05) is 5.54 Å². The third-order valence-corrected chi connectivity index (χ3v) is 4.60. The van der Waals surface area contributed by atoms with Crippen LogP contribution in [0.1, 0.15) is 44.2 Å². The average molecular weight is 231 g/mol. The van der Waals surface area contributed by atoms with E-state index in [1.54, 1.807) is 0 Å². The molecule has 0 aliphatic heterocycles. The number of hydrogen-bond acceptors (Lipinski definition) is 1. The average Bonchev–Trinajstić information content (AvgIpc) is 2.28. The Morgan fingerprint density at radius 1 is 1.24 bits per heavy atom. The molecule has 1 aromatic rings. The molecular formula is C16H25N. The third kappa shape index (κ3) is 2.90. The number of aryl methyl sites for hydroxylation is 1. The van der Waals surface area contributed by atoms with Crippen LogP contribution in [0.25, 0.3) is 0 Å². The first kappa shape index (κ1) is 12.6. The lowest BCUT2D eigenvalue weighted by molar-refractivity contribution is 0.175. The molecule has 1 fully saturated rings. The Morgan fingerprint density at radius 2 is 1.94 bits per heavy atom. The lowest BCUT2D eigenvalue weighted by Crippen LogP contribution is -2.47. The van der Waals surface area contributed by atoms with Crippen molar-refractivity contribution >= 4 is 0 Å². The van der Waals surface area contributed by atoms with Crippen molar-refractivity contribution in [3.05, 3.63) is 35.4 Å². The summed E-state index contributed by atoms with van der Waals surface area (Å²) in [5.41, 5.74) is 9.44. The Bertz CT molecular complexity index is 385. The first-order chi connectivity index (χ1) is 8.00. The van der Waals surface area contributed by atoms with Gasteiger partial charge in [0.1, 0.15) is 0 Å². The van der Waals surface area contributed by atoms with Crippen molar-refractivity contribution in [1.82, 2.24) is 0 Å². The number of rotatable bonds is 2. The summed E-state index contributed by atoms with van der Waals surface area (Å²) in [6.45, 7) is 6.90. The van der Waals surface area contributed by atoms with Crippen LogP contribution in [0.3, 0.4) is 0 Å². The first-order valence-electron chi connectivity index (χ1n) is 6.83. The highest BCUT2D eigenvalue weighted by atomic mass is 14.7. The Kier molecular flexibility index (Phi) is 3.58. The van der Waals surface area contributed by atoms with E-state index in [4.69, 9.17) is 5.73 Å². The van der Waals surface area contributed by atoms with E-state index in [0.717, 1.165) is 18.3 Å². The molecule has 1 heteroatoms. The van der Waals surface area contributed by atoms with E-state index in [-0.39, 0.29) is 5.54 Å². The molecule has 0 heterocycles. The summed E-state index contributed by atoms with van der Waals surface area (Å²) in [4.78, 5) is 0. The fourth-order valence-electron chi connectivity index (χ4n) is 3.09. The van der Waals surface area contributed by atoms with E-state index in [1.165, 1.54) is 30.4 Å². The summed E-state index contributed by atoms with van der Waals surface area (Å²) in [5, 5.41) is 0. The molecule has 94 valence electrons. The fourth-order valence-corrected chi connectivity index (χ4v) is 3.09. The summed E-state index contributed by atoms with van der Waals surface area (Å²) >= 11 is 0. The molecule has 1 aliphatic rings. The van der Waals surface area contributed by atoms with Gasteiger partial charge < -0.3 is 5.73 Å². The zero-order valence-electron chi connectivity index (χ0n) is 11.4. The van der Waals surface area contributed by atoms with E-state index in [9.17, 15) is 0 Å². The van der Waals surface area contributed by atoms with Crippen LogP contribution in [0, 0.1) is 18.8 Å². The van der Waals surface area contributed by atoms with Crippen LogP contribution in [-0.4, -0.2) is 5.54 Å². The van der Waals surface area contributed by atoms with Gasteiger partial charge in [-0.3, -0.25) is 0 Å². The van der Waals surface area contributed by atoms with Crippen molar-refractivity contribution < 1.29 is 0 Å². The Balaban J connectivity index is 2.10. The molecule has 2 rings (SSSR count). The second-order valence-corrected chi connectivity index (χ2v) is 6.16. The second kappa shape index (κ2) is 4.81. The molecule has 0 saturated heterocycles. The molecule has 0 spiro atoms. The summed E-state index contributed by atoms with van der Waals surface area (Å²) in [6.07, 6.45) is 4.66. The Hall–Kier alpha value is -0.820. The van der Waals surface area contributed by atoms with Gasteiger partial charge >= 0.3 is 0 Å². The van der Waals surface area contributed by atoms with Crippen LogP contribution in [-0.2, 0) is 6.42 Å². The zero-order chi connectivity index (χ0) is 12.5. The maximum atomic E-state index is 6.61. The van der Waals surface area contributed by atoms with Crippen molar-refractivity contribution in [3.8, 4) is 0 Å². The molecule has 0 amide bonds. The quantitative estimate of drug-likeness (QED) is 0.825. The van der Waals surface area contributed by atoms with Gasteiger partial charge in [0.05, 0.1) is 0 Å². The minimum absolute atomic E-state index is 0.0258. The van der Waals surface area contributed by atoms with E-state index >= 15 is 0 Å². The minimum atomic E-state index is 0.0258. The molecular weight excluding hydrogens is 206 g/mol. The number of nitrogens with two attached hydrogens (primary N) is 1. The highest BCUT2D eigenvalue weighted by molar-refractivity contribution is 5.27. The maximum absolute atomic E-state index is 6.61. The Labute approximate surface area is 105 Å². The van der Waals surface area contributed by atoms with Crippen LogP contribution < -0.4 is 5.73 Å². The van der Waals surface area contributed by atoms with Crippen LogP contribution in [0.4, 0.5) is 0 Å². The summed E-state index contributed by atoms with van der Waals surface area (Å²) in [6, 6.07) is 8.65. The smallest absolute Gasteiger partial charge is 0.0197 e. The van der Waals surface area contributed by atoms with Crippen LogP contribution in [0.15, 0.2) is 24.3 Å². The van der Waals surface area contributed by atoms with Gasteiger partial charge in [-0.2, -0.15) is 0 Å². The minimum Gasteiger partial charge on any atom is -0.325 e. The van der Waals surface area contributed by atoms with Crippen LogP contribution >= 0.6 is 0 Å². The lowest BCUT2D eigenvalue weighted by atomic mass is 9.69. The van der Waals surface area contributed by atoms with Crippen molar-refractivity contribution in [2.75, 3.05) is 0 Å². The van der Waals surface area contributed by atoms with Gasteiger partial charge in [0.25, 0.3) is 0 Å². The Morgan fingerprint density at radius 3 is 2.59 bits per heavy atom. The van der Waals surface area contributed by atoms with Crippen LogP contribution in [0.2, 0.25) is 0 Å². The standard InChI is InChI=1S/C16H25N/c1-12-8-9-16(17,10-14(12)3)11-15-7-5-4-6-13(15)2/h4-7,12,14H,8-11,17H2,1-3H3. The molecule has 3 unspecified atom stereocenters. The van der Waals surface area contributed by atoms with Crippen molar-refractivity contribution in [3.63, 3.8) is 0 Å². The summed E-state index contributed by atoms with van der Waals surface area (Å²) in [5.74, 6) is 1.60.